The number of carbonyl (C=O) groups is 2. The fourth-order valence-electron chi connectivity index (χ4n) is 4.72. The molecule has 0 spiro atoms. The molecule has 1 aromatic heterocycles. The lowest BCUT2D eigenvalue weighted by molar-refractivity contribution is -0.117. The van der Waals surface area contributed by atoms with Crippen LogP contribution in [0.3, 0.4) is 0 Å². The highest BCUT2D eigenvalue weighted by Crippen LogP contribution is 2.43. The number of ether oxygens (including phenoxy) is 1. The lowest BCUT2D eigenvalue weighted by Gasteiger charge is -2.27. The molecule has 0 saturated carbocycles. The van der Waals surface area contributed by atoms with E-state index in [1.54, 1.807) is 18.2 Å². The molecule has 1 N–H and O–H groups in total. The smallest absolute Gasteiger partial charge is 0.294 e. The number of carbonyl (C=O) groups excluding carboxylic acids is 2. The van der Waals surface area contributed by atoms with Crippen LogP contribution in [0.2, 0.25) is 0 Å². The summed E-state index contributed by atoms with van der Waals surface area (Å²) in [7, 11) is 1.53. The van der Waals surface area contributed by atoms with E-state index in [2.05, 4.69) is 13.8 Å². The number of aryl methyl sites for hydroxylation is 1. The van der Waals surface area contributed by atoms with E-state index in [9.17, 15) is 14.7 Å². The van der Waals surface area contributed by atoms with Crippen molar-refractivity contribution in [2.45, 2.75) is 32.7 Å². The fraction of sp³-hybridized carbons (Fsp3) is 0.200. The van der Waals surface area contributed by atoms with Crippen LogP contribution in [0.5, 0.6) is 5.75 Å². The minimum Gasteiger partial charge on any atom is -0.503 e. The van der Waals surface area contributed by atoms with Gasteiger partial charge in [0.25, 0.3) is 5.91 Å². The number of ketones is 1. The number of fused-ring (bicyclic) bond motifs is 1. The number of amides is 1. The van der Waals surface area contributed by atoms with E-state index in [-0.39, 0.29) is 11.3 Å². The van der Waals surface area contributed by atoms with Crippen LogP contribution >= 0.6 is 0 Å². The molecule has 0 bridgehead atoms. The van der Waals surface area contributed by atoms with Gasteiger partial charge < -0.3 is 14.3 Å². The summed E-state index contributed by atoms with van der Waals surface area (Å²) in [6, 6.07) is 21.4. The first-order chi connectivity index (χ1) is 17.3. The van der Waals surface area contributed by atoms with E-state index in [1.807, 2.05) is 61.5 Å². The van der Waals surface area contributed by atoms with Gasteiger partial charge in [-0.2, -0.15) is 0 Å². The Balaban J connectivity index is 1.64. The van der Waals surface area contributed by atoms with E-state index in [1.165, 1.54) is 12.0 Å². The van der Waals surface area contributed by atoms with Crippen molar-refractivity contribution in [1.29, 1.82) is 0 Å². The predicted molar refractivity (Wildman–Crippen MR) is 139 cm³/mol. The topological polar surface area (TPSA) is 80.0 Å². The van der Waals surface area contributed by atoms with Crippen LogP contribution in [0, 0.1) is 6.92 Å². The van der Waals surface area contributed by atoms with Crippen LogP contribution in [-0.4, -0.2) is 23.9 Å². The van der Waals surface area contributed by atoms with Crippen molar-refractivity contribution in [2.75, 3.05) is 12.0 Å². The zero-order chi connectivity index (χ0) is 25.6. The number of aliphatic hydroxyl groups excluding tert-OH is 1. The molecule has 1 amide bonds. The zero-order valence-corrected chi connectivity index (χ0v) is 20.6. The molecule has 1 atom stereocenters. The highest BCUT2D eigenvalue weighted by atomic mass is 16.5. The van der Waals surface area contributed by atoms with E-state index in [4.69, 9.17) is 9.15 Å². The molecule has 5 rings (SSSR count). The van der Waals surface area contributed by atoms with Crippen LogP contribution < -0.4 is 9.64 Å². The standard InChI is InChI=1S/C30H27NO5/c1-17(2)19-11-13-22(14-12-19)31-26(20-8-5-7-18(3)15-20)25(28(33)30(31)34)27(32)24-16-21-9-6-10-23(35-4)29(21)36-24/h5-17,26,33H,1-4H3. The third-order valence-corrected chi connectivity index (χ3v) is 6.60. The number of rotatable bonds is 6. The first kappa shape index (κ1) is 23.4. The number of nitrogens with zero attached hydrogens (tertiary/aromatic N) is 1. The average molecular weight is 482 g/mol. The van der Waals surface area contributed by atoms with Gasteiger partial charge in [0.15, 0.2) is 22.9 Å². The van der Waals surface area contributed by atoms with Gasteiger partial charge in [-0.15, -0.1) is 0 Å². The van der Waals surface area contributed by atoms with E-state index >= 15 is 0 Å². The van der Waals surface area contributed by atoms with Crippen molar-refractivity contribution >= 4 is 28.3 Å². The number of para-hydroxylation sites is 1. The normalized spacial score (nSPS) is 15.9. The molecule has 0 saturated heterocycles. The summed E-state index contributed by atoms with van der Waals surface area (Å²) in [5.41, 5.74) is 3.83. The minimum absolute atomic E-state index is 0.0171. The molecular formula is C30H27NO5. The first-order valence-corrected chi connectivity index (χ1v) is 11.8. The van der Waals surface area contributed by atoms with Gasteiger partial charge in [-0.05, 0) is 48.2 Å². The summed E-state index contributed by atoms with van der Waals surface area (Å²) in [6.07, 6.45) is 0. The number of anilines is 1. The third kappa shape index (κ3) is 3.85. The second-order valence-corrected chi connectivity index (χ2v) is 9.32. The summed E-state index contributed by atoms with van der Waals surface area (Å²) in [4.78, 5) is 28.7. The van der Waals surface area contributed by atoms with Crippen LogP contribution in [0.4, 0.5) is 5.69 Å². The number of hydrogen-bond acceptors (Lipinski definition) is 5. The SMILES string of the molecule is COc1cccc2cc(C(=O)C3=C(O)C(=O)N(c4ccc(C(C)C)cc4)C3c3cccc(C)c3)oc12. The van der Waals surface area contributed by atoms with E-state index in [0.29, 0.717) is 28.3 Å². The number of furan rings is 1. The Kier molecular flexibility index (Phi) is 5.88. The molecule has 182 valence electrons. The Morgan fingerprint density at radius 2 is 1.75 bits per heavy atom. The van der Waals surface area contributed by atoms with Gasteiger partial charge in [0.1, 0.15) is 0 Å². The summed E-state index contributed by atoms with van der Waals surface area (Å²) in [6.45, 7) is 6.13. The molecule has 3 aromatic carbocycles. The number of aliphatic hydroxyl groups is 1. The second kappa shape index (κ2) is 9.04. The fourth-order valence-corrected chi connectivity index (χ4v) is 4.72. The molecule has 0 fully saturated rings. The summed E-state index contributed by atoms with van der Waals surface area (Å²) in [5.74, 6) is -0.905. The zero-order valence-electron chi connectivity index (χ0n) is 20.6. The summed E-state index contributed by atoms with van der Waals surface area (Å²) < 4.78 is 11.2. The lowest BCUT2D eigenvalue weighted by atomic mass is 9.93. The largest absolute Gasteiger partial charge is 0.503 e. The van der Waals surface area contributed by atoms with Gasteiger partial charge in [0, 0.05) is 11.1 Å². The maximum atomic E-state index is 13.8. The number of methoxy groups -OCH3 is 1. The molecular weight excluding hydrogens is 454 g/mol. The molecule has 2 heterocycles. The van der Waals surface area contributed by atoms with Crippen molar-refractivity contribution in [1.82, 2.24) is 0 Å². The van der Waals surface area contributed by atoms with Crippen LogP contribution in [0.15, 0.2) is 88.5 Å². The van der Waals surface area contributed by atoms with Crippen LogP contribution in [0.1, 0.15) is 53.1 Å². The maximum Gasteiger partial charge on any atom is 0.294 e. The van der Waals surface area contributed by atoms with Gasteiger partial charge in [-0.1, -0.05) is 67.9 Å². The highest BCUT2D eigenvalue weighted by Gasteiger charge is 2.45. The molecule has 0 radical (unpaired) electrons. The molecule has 0 aliphatic carbocycles. The molecule has 36 heavy (non-hydrogen) atoms. The van der Waals surface area contributed by atoms with Gasteiger partial charge in [-0.3, -0.25) is 14.5 Å². The Morgan fingerprint density at radius 3 is 2.42 bits per heavy atom. The molecule has 1 unspecified atom stereocenters. The highest BCUT2D eigenvalue weighted by molar-refractivity contribution is 6.20. The maximum absolute atomic E-state index is 13.8. The molecule has 6 nitrogen and oxygen atoms in total. The third-order valence-electron chi connectivity index (χ3n) is 6.60. The van der Waals surface area contributed by atoms with E-state index < -0.39 is 23.5 Å². The molecule has 6 heteroatoms. The number of benzene rings is 3. The summed E-state index contributed by atoms with van der Waals surface area (Å²) >= 11 is 0. The van der Waals surface area contributed by atoms with Gasteiger partial charge in [0.2, 0.25) is 5.78 Å². The van der Waals surface area contributed by atoms with Crippen molar-refractivity contribution in [3.63, 3.8) is 0 Å². The molecule has 4 aromatic rings. The monoisotopic (exact) mass is 481 g/mol. The number of hydrogen-bond donors (Lipinski definition) is 1. The second-order valence-electron chi connectivity index (χ2n) is 9.32. The van der Waals surface area contributed by atoms with Gasteiger partial charge >= 0.3 is 0 Å². The quantitative estimate of drug-likeness (QED) is 0.312. The van der Waals surface area contributed by atoms with Crippen molar-refractivity contribution in [3.8, 4) is 5.75 Å². The van der Waals surface area contributed by atoms with Gasteiger partial charge in [-0.25, -0.2) is 0 Å². The Morgan fingerprint density at radius 1 is 1.03 bits per heavy atom. The van der Waals surface area contributed by atoms with Crippen LogP contribution in [-0.2, 0) is 4.79 Å². The van der Waals surface area contributed by atoms with Crippen molar-refractivity contribution in [3.05, 3.63) is 107 Å². The first-order valence-electron chi connectivity index (χ1n) is 11.8. The lowest BCUT2D eigenvalue weighted by Crippen LogP contribution is -2.31. The van der Waals surface area contributed by atoms with Crippen LogP contribution in [0.25, 0.3) is 11.0 Å². The van der Waals surface area contributed by atoms with Crippen molar-refractivity contribution < 1.29 is 23.8 Å². The average Bonchev–Trinajstić information content (AvgIpc) is 3.43. The van der Waals surface area contributed by atoms with Crippen molar-refractivity contribution in [2.24, 2.45) is 0 Å². The Hall–Kier alpha value is -4.32. The van der Waals surface area contributed by atoms with E-state index in [0.717, 1.165) is 16.7 Å². The Bertz CT molecular complexity index is 1510. The molecule has 1 aliphatic rings. The predicted octanol–water partition coefficient (Wildman–Crippen LogP) is 6.66. The number of Topliss-reactive ketones (excluding diaryl/α,β-unsaturated/α-hetero) is 1. The summed E-state index contributed by atoms with van der Waals surface area (Å²) in [5, 5.41) is 11.7. The Labute approximate surface area is 209 Å². The van der Waals surface area contributed by atoms with Gasteiger partial charge in [0.05, 0.1) is 18.7 Å². The minimum atomic E-state index is -0.815. The molecule has 1 aliphatic heterocycles.